The number of rotatable bonds is 4. The summed E-state index contributed by atoms with van der Waals surface area (Å²) in [5, 5.41) is 10.0. The molecule has 1 aliphatic rings. The zero-order chi connectivity index (χ0) is 15.6. The van der Waals surface area contributed by atoms with Gasteiger partial charge in [-0.05, 0) is 12.1 Å². The van der Waals surface area contributed by atoms with Crippen LogP contribution in [0.4, 0.5) is 0 Å². The number of amides is 2. The maximum atomic E-state index is 12.1. The molecule has 1 heterocycles. The first-order chi connectivity index (χ1) is 9.91. The molecule has 5 nitrogen and oxygen atoms in total. The van der Waals surface area contributed by atoms with Crippen LogP contribution in [0.3, 0.4) is 0 Å². The second kappa shape index (κ2) is 6.55. The van der Waals surface area contributed by atoms with E-state index >= 15 is 0 Å². The molecule has 1 atom stereocenters. The quantitative estimate of drug-likeness (QED) is 0.664. The van der Waals surface area contributed by atoms with Crippen molar-refractivity contribution in [1.82, 2.24) is 9.80 Å². The summed E-state index contributed by atoms with van der Waals surface area (Å²) in [6.45, 7) is -0.0185. The minimum Gasteiger partial charge on any atom is -0.390 e. The van der Waals surface area contributed by atoms with E-state index in [9.17, 15) is 14.7 Å². The number of thioether (sulfide) groups is 1. The number of hydrogen-bond acceptors (Lipinski definition) is 5. The van der Waals surface area contributed by atoms with Crippen LogP contribution >= 0.6 is 24.0 Å². The fraction of sp³-hybridized carbons (Fsp3) is 0.357. The molecule has 112 valence electrons. The van der Waals surface area contributed by atoms with Crippen molar-refractivity contribution >= 4 is 40.1 Å². The highest BCUT2D eigenvalue weighted by molar-refractivity contribution is 8.22. The molecule has 0 aliphatic carbocycles. The number of nitrogens with zero attached hydrogens (tertiary/aromatic N) is 2. The van der Waals surface area contributed by atoms with Crippen LogP contribution in [0.15, 0.2) is 24.3 Å². The molecule has 0 fully saturated rings. The Morgan fingerprint density at radius 2 is 1.81 bits per heavy atom. The molecule has 1 aromatic rings. The van der Waals surface area contributed by atoms with Gasteiger partial charge < -0.3 is 10.0 Å². The summed E-state index contributed by atoms with van der Waals surface area (Å²) in [4.78, 5) is 27.1. The first kappa shape index (κ1) is 15.9. The lowest BCUT2D eigenvalue weighted by atomic mass is 10.1. The van der Waals surface area contributed by atoms with Gasteiger partial charge in [0.25, 0.3) is 11.8 Å². The molecule has 1 unspecified atom stereocenters. The number of aliphatic hydroxyl groups is 1. The summed E-state index contributed by atoms with van der Waals surface area (Å²) in [6, 6.07) is 6.68. The van der Waals surface area contributed by atoms with Crippen LogP contribution in [0.2, 0.25) is 0 Å². The van der Waals surface area contributed by atoms with E-state index in [0.717, 1.165) is 4.90 Å². The maximum absolute atomic E-state index is 12.1. The predicted octanol–water partition coefficient (Wildman–Crippen LogP) is 1.22. The molecular weight excluding hydrogens is 308 g/mol. The van der Waals surface area contributed by atoms with Crippen molar-refractivity contribution in [2.24, 2.45) is 0 Å². The second-order valence-corrected chi connectivity index (χ2v) is 6.55. The first-order valence-corrected chi connectivity index (χ1v) is 7.78. The van der Waals surface area contributed by atoms with E-state index in [0.29, 0.717) is 21.2 Å². The first-order valence-electron chi connectivity index (χ1n) is 6.39. The number of imide groups is 1. The molecule has 0 spiro atoms. The summed E-state index contributed by atoms with van der Waals surface area (Å²) >= 11 is 6.43. The standard InChI is InChI=1S/C14H16N2O3S2/c1-15(2)14(20)21-8-9(17)7-16-12(18)10-5-3-4-6-11(10)13(16)19/h3-6,9,17H,7-8H2,1-2H3. The van der Waals surface area contributed by atoms with E-state index in [1.807, 2.05) is 14.1 Å². The maximum Gasteiger partial charge on any atom is 0.261 e. The van der Waals surface area contributed by atoms with Crippen molar-refractivity contribution in [2.75, 3.05) is 26.4 Å². The highest BCUT2D eigenvalue weighted by Gasteiger charge is 2.36. The number of β-amino-alcohol motifs (C(OH)–C–C–N with tert-alkyl or cyclic N) is 1. The molecule has 7 heteroatoms. The van der Waals surface area contributed by atoms with Gasteiger partial charge in [0, 0.05) is 19.8 Å². The van der Waals surface area contributed by atoms with Crippen LogP contribution in [0, 0.1) is 0 Å². The molecule has 21 heavy (non-hydrogen) atoms. The van der Waals surface area contributed by atoms with Crippen molar-refractivity contribution in [3.63, 3.8) is 0 Å². The number of carbonyl (C=O) groups is 2. The van der Waals surface area contributed by atoms with E-state index < -0.39 is 6.10 Å². The fourth-order valence-electron chi connectivity index (χ4n) is 1.96. The van der Waals surface area contributed by atoms with Crippen molar-refractivity contribution < 1.29 is 14.7 Å². The summed E-state index contributed by atoms with van der Waals surface area (Å²) in [6.07, 6.45) is -0.810. The zero-order valence-electron chi connectivity index (χ0n) is 11.8. The van der Waals surface area contributed by atoms with Gasteiger partial charge in [-0.25, -0.2) is 0 Å². The van der Waals surface area contributed by atoms with Gasteiger partial charge in [0.2, 0.25) is 0 Å². The summed E-state index contributed by atoms with van der Waals surface area (Å²) in [5.74, 6) is -0.366. The Balaban J connectivity index is 1.97. The number of aliphatic hydroxyl groups excluding tert-OH is 1. The summed E-state index contributed by atoms with van der Waals surface area (Å²) in [7, 11) is 3.65. The Morgan fingerprint density at radius 1 is 1.29 bits per heavy atom. The van der Waals surface area contributed by atoms with Crippen LogP contribution in [-0.2, 0) is 0 Å². The van der Waals surface area contributed by atoms with Gasteiger partial charge >= 0.3 is 0 Å². The number of benzene rings is 1. The van der Waals surface area contributed by atoms with Crippen LogP contribution in [0.5, 0.6) is 0 Å². The second-order valence-electron chi connectivity index (χ2n) is 4.89. The molecular formula is C14H16N2O3S2. The molecule has 0 radical (unpaired) electrons. The largest absolute Gasteiger partial charge is 0.390 e. The van der Waals surface area contributed by atoms with Crippen molar-refractivity contribution in [3.05, 3.63) is 35.4 Å². The molecule has 0 aromatic heterocycles. The Bertz CT molecular complexity index is 554. The molecule has 0 saturated carbocycles. The van der Waals surface area contributed by atoms with Crippen LogP contribution in [-0.4, -0.2) is 63.5 Å². The predicted molar refractivity (Wildman–Crippen MR) is 86.6 cm³/mol. The van der Waals surface area contributed by atoms with Crippen molar-refractivity contribution in [2.45, 2.75) is 6.10 Å². The molecule has 1 N–H and O–H groups in total. The highest BCUT2D eigenvalue weighted by atomic mass is 32.2. The van der Waals surface area contributed by atoms with Gasteiger partial charge in [-0.2, -0.15) is 0 Å². The third kappa shape index (κ3) is 3.42. The highest BCUT2D eigenvalue weighted by Crippen LogP contribution is 2.23. The molecule has 2 rings (SSSR count). The third-order valence-corrected chi connectivity index (χ3v) is 4.92. The molecule has 0 bridgehead atoms. The number of carbonyl (C=O) groups excluding carboxylic acids is 2. The van der Waals surface area contributed by atoms with E-state index in [2.05, 4.69) is 0 Å². The van der Waals surface area contributed by atoms with Crippen LogP contribution in [0.25, 0.3) is 0 Å². The summed E-state index contributed by atoms with van der Waals surface area (Å²) < 4.78 is 0.649. The smallest absolute Gasteiger partial charge is 0.261 e. The van der Waals surface area contributed by atoms with E-state index in [1.54, 1.807) is 29.2 Å². The minimum atomic E-state index is -0.810. The lowest BCUT2D eigenvalue weighted by Crippen LogP contribution is -2.38. The van der Waals surface area contributed by atoms with Crippen molar-refractivity contribution in [1.29, 1.82) is 0 Å². The topological polar surface area (TPSA) is 60.9 Å². The van der Waals surface area contributed by atoms with Crippen LogP contribution < -0.4 is 0 Å². The van der Waals surface area contributed by atoms with E-state index in [-0.39, 0.29) is 18.4 Å². The molecule has 0 saturated heterocycles. The lowest BCUT2D eigenvalue weighted by Gasteiger charge is -2.19. The monoisotopic (exact) mass is 324 g/mol. The van der Waals surface area contributed by atoms with Gasteiger partial charge in [0.05, 0.1) is 23.8 Å². The molecule has 1 aromatic carbocycles. The average molecular weight is 324 g/mol. The SMILES string of the molecule is CN(C)C(=S)SCC(O)CN1C(=O)c2ccccc2C1=O. The Kier molecular flexibility index (Phi) is 4.97. The number of thiocarbonyl (C=S) groups is 1. The minimum absolute atomic E-state index is 0.0185. The Labute approximate surface area is 132 Å². The van der Waals surface area contributed by atoms with E-state index in [4.69, 9.17) is 12.2 Å². The third-order valence-electron chi connectivity index (χ3n) is 3.04. The van der Waals surface area contributed by atoms with Gasteiger partial charge in [0.15, 0.2) is 0 Å². The Morgan fingerprint density at radius 3 is 2.29 bits per heavy atom. The number of fused-ring (bicyclic) bond motifs is 1. The van der Waals surface area contributed by atoms with Gasteiger partial charge in [0.1, 0.15) is 4.32 Å². The zero-order valence-corrected chi connectivity index (χ0v) is 13.4. The molecule has 2 amide bonds. The van der Waals surface area contributed by atoms with Crippen molar-refractivity contribution in [3.8, 4) is 0 Å². The fourth-order valence-corrected chi connectivity index (χ4v) is 2.87. The van der Waals surface area contributed by atoms with Gasteiger partial charge in [-0.15, -0.1) is 0 Å². The van der Waals surface area contributed by atoms with Crippen LogP contribution in [0.1, 0.15) is 20.7 Å². The molecule has 1 aliphatic heterocycles. The summed E-state index contributed by atoms with van der Waals surface area (Å²) in [5.41, 5.74) is 0.789. The normalized spacial score (nSPS) is 15.1. The number of hydrogen-bond donors (Lipinski definition) is 1. The average Bonchev–Trinajstić information content (AvgIpc) is 2.70. The van der Waals surface area contributed by atoms with E-state index in [1.165, 1.54) is 11.8 Å². The Hall–Kier alpha value is -1.44. The van der Waals surface area contributed by atoms with Gasteiger partial charge in [-0.3, -0.25) is 14.5 Å². The lowest BCUT2D eigenvalue weighted by molar-refractivity contribution is 0.0567. The van der Waals surface area contributed by atoms with Gasteiger partial charge in [-0.1, -0.05) is 36.1 Å².